The Morgan fingerprint density at radius 1 is 1.44 bits per heavy atom. The molecule has 0 saturated heterocycles. The molecule has 0 fully saturated rings. The van der Waals surface area contributed by atoms with E-state index in [-0.39, 0.29) is 0 Å². The first-order valence-corrected chi connectivity index (χ1v) is 5.71. The van der Waals surface area contributed by atoms with E-state index in [1.165, 1.54) is 0 Å². The average molecular weight is 228 g/mol. The topological polar surface area (TPSA) is 25.2 Å². The molecule has 80 valence electrons. The van der Waals surface area contributed by atoms with Crippen molar-refractivity contribution < 1.29 is 0 Å². The minimum atomic E-state index is 0.868. The molecule has 0 unspecified atom stereocenters. The Bertz CT molecular complexity index is 557. The lowest BCUT2D eigenvalue weighted by Crippen LogP contribution is -1.88. The predicted octanol–water partition coefficient (Wildman–Crippen LogP) is 3.92. The zero-order chi connectivity index (χ0) is 11.4. The number of benzene rings is 1. The van der Waals surface area contributed by atoms with Crippen molar-refractivity contribution in [2.75, 3.05) is 0 Å². The third-order valence-electron chi connectivity index (χ3n) is 2.47. The lowest BCUT2D eigenvalue weighted by Gasteiger charge is -2.03. The van der Waals surface area contributed by atoms with E-state index in [2.05, 4.69) is 40.3 Å². The van der Waals surface area contributed by atoms with Crippen LogP contribution in [0.25, 0.3) is 10.8 Å². The van der Waals surface area contributed by atoms with Gasteiger partial charge in [-0.05, 0) is 30.8 Å². The van der Waals surface area contributed by atoms with E-state index < -0.39 is 0 Å². The van der Waals surface area contributed by atoms with Gasteiger partial charge < -0.3 is 0 Å². The molecule has 2 rings (SSSR count). The van der Waals surface area contributed by atoms with Crippen LogP contribution in [0.15, 0.2) is 35.5 Å². The molecule has 0 N–H and O–H groups in total. The number of aryl methyl sites for hydroxylation is 1. The van der Waals surface area contributed by atoms with E-state index in [1.807, 2.05) is 24.4 Å². The number of hydrogen-bond acceptors (Lipinski definition) is 3. The molecule has 0 aliphatic rings. The molecule has 0 amide bonds. The van der Waals surface area contributed by atoms with Gasteiger partial charge in [-0.1, -0.05) is 25.5 Å². The van der Waals surface area contributed by atoms with Crippen molar-refractivity contribution in [3.05, 3.63) is 36.2 Å². The molecule has 2 nitrogen and oxygen atoms in total. The lowest BCUT2D eigenvalue weighted by molar-refractivity contribution is 0.886. The zero-order valence-corrected chi connectivity index (χ0v) is 9.92. The van der Waals surface area contributed by atoms with E-state index in [0.717, 1.165) is 35.0 Å². The minimum absolute atomic E-state index is 0.868. The molecule has 1 heterocycles. The number of hydrogen-bond donors (Lipinski definition) is 0. The quantitative estimate of drug-likeness (QED) is 0.587. The van der Waals surface area contributed by atoms with Crippen molar-refractivity contribution in [3.8, 4) is 0 Å². The standard InChI is InChI=1S/C13H12N2S/c1-2-4-11-7-12-10(8-14-11)5-3-6-13(12)15-9-16/h3,5-8H,2,4H2,1H3. The molecule has 0 spiro atoms. The van der Waals surface area contributed by atoms with Crippen LogP contribution in [-0.2, 0) is 6.42 Å². The third kappa shape index (κ3) is 2.16. The molecule has 0 aliphatic carbocycles. The van der Waals surface area contributed by atoms with Crippen LogP contribution in [0.2, 0.25) is 0 Å². The molecule has 1 aromatic carbocycles. The van der Waals surface area contributed by atoms with E-state index in [4.69, 9.17) is 0 Å². The monoisotopic (exact) mass is 228 g/mol. The Morgan fingerprint density at radius 2 is 2.31 bits per heavy atom. The van der Waals surface area contributed by atoms with Gasteiger partial charge in [0.25, 0.3) is 0 Å². The van der Waals surface area contributed by atoms with Crippen LogP contribution >= 0.6 is 12.2 Å². The van der Waals surface area contributed by atoms with Gasteiger partial charge in [-0.2, -0.15) is 4.99 Å². The first-order chi connectivity index (χ1) is 7.85. The van der Waals surface area contributed by atoms with Gasteiger partial charge in [-0.25, -0.2) is 0 Å². The smallest absolute Gasteiger partial charge is 0.0819 e. The third-order valence-corrected chi connectivity index (χ3v) is 2.56. The van der Waals surface area contributed by atoms with Gasteiger partial charge >= 0.3 is 0 Å². The SMILES string of the molecule is CCCc1cc2c(N=C=S)cccc2cn1. The summed E-state index contributed by atoms with van der Waals surface area (Å²) in [5, 5.41) is 4.60. The maximum absolute atomic E-state index is 4.65. The van der Waals surface area contributed by atoms with E-state index >= 15 is 0 Å². The summed E-state index contributed by atoms with van der Waals surface area (Å²) in [6, 6.07) is 8.01. The fourth-order valence-electron chi connectivity index (χ4n) is 1.74. The highest BCUT2D eigenvalue weighted by Crippen LogP contribution is 2.25. The van der Waals surface area contributed by atoms with Crippen molar-refractivity contribution in [1.82, 2.24) is 4.98 Å². The molecule has 2 aromatic rings. The fourth-order valence-corrected chi connectivity index (χ4v) is 1.83. The normalized spacial score (nSPS) is 10.1. The summed E-state index contributed by atoms with van der Waals surface area (Å²) in [5.74, 6) is 0. The Balaban J connectivity index is 2.63. The van der Waals surface area contributed by atoms with E-state index in [0.29, 0.717) is 0 Å². The summed E-state index contributed by atoms with van der Waals surface area (Å²) in [6.07, 6.45) is 3.98. The molecule has 16 heavy (non-hydrogen) atoms. The van der Waals surface area contributed by atoms with Gasteiger partial charge in [0.05, 0.1) is 10.8 Å². The molecular weight excluding hydrogens is 216 g/mol. The summed E-state index contributed by atoms with van der Waals surface area (Å²) in [6.45, 7) is 2.15. The minimum Gasteiger partial charge on any atom is -0.261 e. The van der Waals surface area contributed by atoms with Crippen LogP contribution in [0, 0.1) is 0 Å². The summed E-state index contributed by atoms with van der Waals surface area (Å²) in [7, 11) is 0. The van der Waals surface area contributed by atoms with Crippen molar-refractivity contribution in [1.29, 1.82) is 0 Å². The summed E-state index contributed by atoms with van der Waals surface area (Å²) in [4.78, 5) is 8.48. The first-order valence-electron chi connectivity index (χ1n) is 5.30. The molecule has 1 aromatic heterocycles. The number of thiocarbonyl (C=S) groups is 1. The van der Waals surface area contributed by atoms with Crippen LogP contribution in [0.1, 0.15) is 19.0 Å². The van der Waals surface area contributed by atoms with Crippen LogP contribution < -0.4 is 0 Å². The Morgan fingerprint density at radius 3 is 3.06 bits per heavy atom. The second kappa shape index (κ2) is 4.97. The maximum atomic E-state index is 4.65. The number of aromatic nitrogens is 1. The number of aliphatic imine (C=N–C) groups is 1. The maximum Gasteiger partial charge on any atom is 0.0819 e. The number of pyridine rings is 1. The van der Waals surface area contributed by atoms with Gasteiger partial charge in [0, 0.05) is 22.7 Å². The van der Waals surface area contributed by atoms with Crippen molar-refractivity contribution in [3.63, 3.8) is 0 Å². The average Bonchev–Trinajstić information content (AvgIpc) is 2.31. The Kier molecular flexibility index (Phi) is 3.40. The van der Waals surface area contributed by atoms with Gasteiger partial charge in [0.2, 0.25) is 0 Å². The second-order valence-corrected chi connectivity index (χ2v) is 3.81. The zero-order valence-electron chi connectivity index (χ0n) is 9.10. The van der Waals surface area contributed by atoms with Gasteiger partial charge in [-0.3, -0.25) is 4.98 Å². The van der Waals surface area contributed by atoms with Crippen LogP contribution in [0.3, 0.4) is 0 Å². The van der Waals surface area contributed by atoms with Crippen LogP contribution in [0.5, 0.6) is 0 Å². The van der Waals surface area contributed by atoms with Crippen LogP contribution in [0.4, 0.5) is 5.69 Å². The molecule has 3 heteroatoms. The van der Waals surface area contributed by atoms with Gasteiger partial charge in [0.15, 0.2) is 0 Å². The van der Waals surface area contributed by atoms with Crippen LogP contribution in [-0.4, -0.2) is 10.1 Å². The van der Waals surface area contributed by atoms with Crippen molar-refractivity contribution in [2.45, 2.75) is 19.8 Å². The Labute approximate surface area is 100 Å². The summed E-state index contributed by atoms with van der Waals surface area (Å²) in [5.41, 5.74) is 1.97. The number of isothiocyanates is 1. The molecule has 0 saturated carbocycles. The van der Waals surface area contributed by atoms with Gasteiger partial charge in [0.1, 0.15) is 0 Å². The second-order valence-electron chi connectivity index (χ2n) is 3.63. The number of rotatable bonds is 3. The molecule has 0 bridgehead atoms. The summed E-state index contributed by atoms with van der Waals surface area (Å²) < 4.78 is 0. The first kappa shape index (κ1) is 10.9. The largest absolute Gasteiger partial charge is 0.261 e. The highest BCUT2D eigenvalue weighted by molar-refractivity contribution is 7.78. The molecule has 0 aliphatic heterocycles. The van der Waals surface area contributed by atoms with E-state index in [9.17, 15) is 0 Å². The fraction of sp³-hybridized carbons (Fsp3) is 0.231. The molecular formula is C13H12N2S. The highest BCUT2D eigenvalue weighted by atomic mass is 32.1. The predicted molar refractivity (Wildman–Crippen MR) is 70.4 cm³/mol. The van der Waals surface area contributed by atoms with E-state index in [1.54, 1.807) is 0 Å². The van der Waals surface area contributed by atoms with Crippen molar-refractivity contribution in [2.24, 2.45) is 4.99 Å². The highest BCUT2D eigenvalue weighted by Gasteiger charge is 2.01. The molecule has 0 atom stereocenters. The number of fused-ring (bicyclic) bond motifs is 1. The Hall–Kier alpha value is -1.57. The lowest BCUT2D eigenvalue weighted by atomic mass is 10.1. The number of nitrogens with zero attached hydrogens (tertiary/aromatic N) is 2. The molecule has 0 radical (unpaired) electrons. The van der Waals surface area contributed by atoms with Crippen molar-refractivity contribution >= 4 is 33.8 Å². The summed E-state index contributed by atoms with van der Waals surface area (Å²) >= 11 is 4.65. The van der Waals surface area contributed by atoms with Gasteiger partial charge in [-0.15, -0.1) is 0 Å².